The zero-order chi connectivity index (χ0) is 27.1. The van der Waals surface area contributed by atoms with E-state index in [1.165, 1.54) is 6.92 Å². The predicted octanol–water partition coefficient (Wildman–Crippen LogP) is 9.22. The van der Waals surface area contributed by atoms with E-state index in [9.17, 15) is 18.0 Å². The minimum atomic E-state index is -4.16. The molecule has 0 aromatic rings. The highest BCUT2D eigenvalue weighted by molar-refractivity contribution is 5.78. The fourth-order valence-corrected chi connectivity index (χ4v) is 9.01. The first-order valence-corrected chi connectivity index (χ1v) is 14.5. The van der Waals surface area contributed by atoms with Crippen LogP contribution in [0.2, 0.25) is 0 Å². The zero-order valence-corrected chi connectivity index (χ0v) is 24.3. The van der Waals surface area contributed by atoms with Crippen LogP contribution in [0, 0.1) is 57.2 Å². The van der Waals surface area contributed by atoms with Gasteiger partial charge >= 0.3 is 12.1 Å². The lowest BCUT2D eigenvalue weighted by Crippen LogP contribution is -2.53. The number of hydrogen-bond donors (Lipinski definition) is 0. The highest BCUT2D eigenvalue weighted by atomic mass is 19.4. The Kier molecular flexibility index (Phi) is 6.78. The van der Waals surface area contributed by atoms with Gasteiger partial charge in [0.1, 0.15) is 5.60 Å². The molecular weight excluding hydrogens is 461 g/mol. The molecule has 208 valence electrons. The molecule has 0 spiro atoms. The van der Waals surface area contributed by atoms with E-state index in [4.69, 9.17) is 4.74 Å². The molecule has 5 rings (SSSR count). The molecule has 0 radical (unpaired) electrons. The van der Waals surface area contributed by atoms with Crippen molar-refractivity contribution in [1.82, 2.24) is 0 Å². The number of halogens is 3. The van der Waals surface area contributed by atoms with E-state index in [2.05, 4.69) is 55.4 Å². The Morgan fingerprint density at radius 2 is 1.44 bits per heavy atom. The minimum Gasteiger partial charge on any atom is -0.459 e. The van der Waals surface area contributed by atoms with Crippen molar-refractivity contribution in [2.24, 2.45) is 57.2 Å². The third kappa shape index (κ3) is 4.76. The van der Waals surface area contributed by atoms with Crippen molar-refractivity contribution >= 4 is 5.97 Å². The fourth-order valence-electron chi connectivity index (χ4n) is 9.01. The molecule has 5 bridgehead atoms. The topological polar surface area (TPSA) is 26.3 Å². The number of esters is 1. The van der Waals surface area contributed by atoms with Crippen molar-refractivity contribution in [3.63, 3.8) is 0 Å². The van der Waals surface area contributed by atoms with Gasteiger partial charge in [0, 0.05) is 5.92 Å². The maximum atomic E-state index is 14.5. The Morgan fingerprint density at radius 3 is 1.97 bits per heavy atom. The van der Waals surface area contributed by atoms with Gasteiger partial charge < -0.3 is 4.74 Å². The number of rotatable bonds is 3. The predicted molar refractivity (Wildman–Crippen MR) is 138 cm³/mol. The molecule has 0 aromatic carbocycles. The van der Waals surface area contributed by atoms with Crippen molar-refractivity contribution < 1.29 is 22.7 Å². The van der Waals surface area contributed by atoms with Crippen molar-refractivity contribution in [2.75, 3.05) is 0 Å². The summed E-state index contributed by atoms with van der Waals surface area (Å²) in [5.41, 5.74) is -3.15. The second-order valence-corrected chi connectivity index (χ2v) is 16.3. The molecule has 36 heavy (non-hydrogen) atoms. The number of carbonyl (C=O) groups is 1. The molecule has 0 saturated heterocycles. The average molecular weight is 513 g/mol. The number of fused-ring (bicyclic) bond motifs is 2. The largest absolute Gasteiger partial charge is 0.459 e. The molecule has 0 aliphatic heterocycles. The fraction of sp³-hybridized carbons (Fsp3) is 0.968. The first kappa shape index (κ1) is 28.3. The normalized spacial score (nSPS) is 42.8. The monoisotopic (exact) mass is 512 g/mol. The van der Waals surface area contributed by atoms with Crippen LogP contribution >= 0.6 is 0 Å². The molecule has 0 amide bonds. The van der Waals surface area contributed by atoms with Crippen LogP contribution in [0.25, 0.3) is 0 Å². The molecule has 7 atom stereocenters. The maximum Gasteiger partial charge on any atom is 0.394 e. The molecule has 5 aliphatic carbocycles. The lowest BCUT2D eigenvalue weighted by Gasteiger charge is -2.52. The van der Waals surface area contributed by atoms with E-state index in [0.717, 1.165) is 38.5 Å². The first-order chi connectivity index (χ1) is 16.2. The molecular formula is C31H51F3O2. The van der Waals surface area contributed by atoms with E-state index < -0.39 is 22.6 Å². The SMILES string of the molecule is CC(C)(C)CC(C)(C(=O)OC1(C)CC2CC(C2)C2CC3CC(CCC31)C(C)(C(F)(F)F)C2)C(C)(C)C. The van der Waals surface area contributed by atoms with E-state index >= 15 is 0 Å². The van der Waals surface area contributed by atoms with E-state index in [-0.39, 0.29) is 46.9 Å². The standard InChI is InChI=1S/C31H51F3O2/c1-26(2,3)18-29(8,27(4,5)6)25(35)36-30(9)16-19-12-20(13-19)22-14-21-15-23(10-11-24(21)30)28(7,17-22)31(32,33)34/h19-24H,10-18H2,1-9H3. The maximum absolute atomic E-state index is 14.5. The quantitative estimate of drug-likeness (QED) is 0.352. The summed E-state index contributed by atoms with van der Waals surface area (Å²) in [6.07, 6.45) is 2.52. The molecule has 5 saturated carbocycles. The third-order valence-corrected chi connectivity index (χ3v) is 11.6. The van der Waals surface area contributed by atoms with Crippen LogP contribution in [0.15, 0.2) is 0 Å². The summed E-state index contributed by atoms with van der Waals surface area (Å²) in [6.45, 7) is 18.6. The highest BCUT2D eigenvalue weighted by Crippen LogP contribution is 2.64. The van der Waals surface area contributed by atoms with Crippen LogP contribution in [0.4, 0.5) is 13.2 Å². The van der Waals surface area contributed by atoms with Crippen LogP contribution in [-0.2, 0) is 9.53 Å². The summed E-state index contributed by atoms with van der Waals surface area (Å²) in [5, 5.41) is 0. The molecule has 7 unspecified atom stereocenters. The Hall–Kier alpha value is -0.740. The molecule has 2 nitrogen and oxygen atoms in total. The van der Waals surface area contributed by atoms with E-state index in [1.54, 1.807) is 0 Å². The lowest BCUT2D eigenvalue weighted by molar-refractivity contribution is -0.248. The molecule has 5 fully saturated rings. The number of hydrogen-bond acceptors (Lipinski definition) is 2. The lowest BCUT2D eigenvalue weighted by atomic mass is 9.57. The van der Waals surface area contributed by atoms with Gasteiger partial charge in [0.2, 0.25) is 0 Å². The van der Waals surface area contributed by atoms with Crippen LogP contribution in [-0.4, -0.2) is 17.7 Å². The molecule has 0 N–H and O–H groups in total. The highest BCUT2D eigenvalue weighted by Gasteiger charge is 2.63. The van der Waals surface area contributed by atoms with E-state index in [0.29, 0.717) is 24.7 Å². The minimum absolute atomic E-state index is 0.0316. The van der Waals surface area contributed by atoms with Gasteiger partial charge in [-0.3, -0.25) is 4.79 Å². The first-order valence-electron chi connectivity index (χ1n) is 14.5. The summed E-state index contributed by atoms with van der Waals surface area (Å²) in [5.74, 6) is 0.909. The van der Waals surface area contributed by atoms with Gasteiger partial charge in [0.15, 0.2) is 0 Å². The number of carbonyl (C=O) groups excluding carboxylic acids is 1. The van der Waals surface area contributed by atoms with Crippen LogP contribution in [0.5, 0.6) is 0 Å². The second kappa shape index (κ2) is 8.63. The second-order valence-electron chi connectivity index (χ2n) is 16.3. The Morgan fingerprint density at radius 1 is 0.833 bits per heavy atom. The smallest absolute Gasteiger partial charge is 0.394 e. The average Bonchev–Trinajstić information content (AvgIpc) is 2.70. The molecule has 5 heteroatoms. The number of alkyl halides is 3. The summed E-state index contributed by atoms with van der Waals surface area (Å²) in [6, 6.07) is 0. The van der Waals surface area contributed by atoms with Crippen LogP contribution in [0.1, 0.15) is 120 Å². The summed E-state index contributed by atoms with van der Waals surface area (Å²) >= 11 is 0. The Balaban J connectivity index is 1.68. The van der Waals surface area contributed by atoms with Gasteiger partial charge in [0.25, 0.3) is 0 Å². The molecule has 0 aromatic heterocycles. The third-order valence-electron chi connectivity index (χ3n) is 11.6. The van der Waals surface area contributed by atoms with Gasteiger partial charge in [-0.25, -0.2) is 0 Å². The van der Waals surface area contributed by atoms with Crippen molar-refractivity contribution in [3.05, 3.63) is 0 Å². The van der Waals surface area contributed by atoms with Gasteiger partial charge in [-0.15, -0.1) is 0 Å². The van der Waals surface area contributed by atoms with Crippen molar-refractivity contribution in [2.45, 2.75) is 132 Å². The van der Waals surface area contributed by atoms with Crippen molar-refractivity contribution in [3.8, 4) is 0 Å². The van der Waals surface area contributed by atoms with Gasteiger partial charge in [-0.2, -0.15) is 13.2 Å². The van der Waals surface area contributed by atoms with Gasteiger partial charge in [-0.1, -0.05) is 48.5 Å². The van der Waals surface area contributed by atoms with Crippen LogP contribution in [0.3, 0.4) is 0 Å². The number of ether oxygens (including phenoxy) is 1. The molecule has 5 aliphatic rings. The van der Waals surface area contributed by atoms with E-state index in [1.807, 2.05) is 0 Å². The zero-order valence-electron chi connectivity index (χ0n) is 24.3. The summed E-state index contributed by atoms with van der Waals surface area (Å²) in [7, 11) is 0. The molecule has 0 heterocycles. The van der Waals surface area contributed by atoms with Gasteiger partial charge in [-0.05, 0) is 112 Å². The Labute approximate surface area is 217 Å². The van der Waals surface area contributed by atoms with Gasteiger partial charge in [0.05, 0.1) is 10.8 Å². The summed E-state index contributed by atoms with van der Waals surface area (Å²) < 4.78 is 50.1. The summed E-state index contributed by atoms with van der Waals surface area (Å²) in [4.78, 5) is 14.1. The van der Waals surface area contributed by atoms with Crippen LogP contribution < -0.4 is 0 Å². The van der Waals surface area contributed by atoms with Crippen molar-refractivity contribution in [1.29, 1.82) is 0 Å². The Bertz CT molecular complexity index is 843.